The summed E-state index contributed by atoms with van der Waals surface area (Å²) in [7, 11) is 0. The van der Waals surface area contributed by atoms with E-state index in [4.69, 9.17) is 28.4 Å². The van der Waals surface area contributed by atoms with Gasteiger partial charge in [0.1, 0.15) is 34.5 Å². The zero-order valence-electron chi connectivity index (χ0n) is 52.5. The van der Waals surface area contributed by atoms with Crippen LogP contribution in [0.2, 0.25) is 0 Å². The van der Waals surface area contributed by atoms with E-state index in [1.165, 1.54) is 167 Å². The maximum atomic E-state index is 7.02. The van der Waals surface area contributed by atoms with Gasteiger partial charge in [-0.3, -0.25) is 0 Å². The van der Waals surface area contributed by atoms with Crippen molar-refractivity contribution in [1.29, 1.82) is 0 Å². The average Bonchev–Trinajstić information content (AvgIpc) is 3.47. The molecule has 6 nitrogen and oxygen atoms in total. The topological polar surface area (TPSA) is 55.4 Å². The SMILES string of the molecule is C=Cc1cc(OCCCCCCCC)cc(/C=C/c2cc(OCCCCCCCC)cc(/C=C/c3cc(OCCCCCCCC)cc(C=C)c3OCCCCCCCC)c2OCCCCCCCC)c1OCCCCCCCC. The summed E-state index contributed by atoms with van der Waals surface area (Å²) < 4.78 is 40.3. The largest absolute Gasteiger partial charge is 0.494 e. The van der Waals surface area contributed by atoms with Crippen molar-refractivity contribution in [2.75, 3.05) is 39.6 Å². The third kappa shape index (κ3) is 31.0. The molecular formula is C74H118O6. The summed E-state index contributed by atoms with van der Waals surface area (Å²) in [5, 5.41) is 0. The molecule has 3 rings (SSSR count). The maximum Gasteiger partial charge on any atom is 0.133 e. The lowest BCUT2D eigenvalue weighted by Gasteiger charge is -2.18. The first kappa shape index (κ1) is 69.7. The molecule has 0 unspecified atom stereocenters. The third-order valence-corrected chi connectivity index (χ3v) is 15.2. The van der Waals surface area contributed by atoms with Crippen LogP contribution < -0.4 is 28.4 Å². The van der Waals surface area contributed by atoms with Gasteiger partial charge in [-0.1, -0.05) is 284 Å². The highest BCUT2D eigenvalue weighted by molar-refractivity contribution is 5.84. The summed E-state index contributed by atoms with van der Waals surface area (Å²) in [5.74, 6) is 5.02. The normalized spacial score (nSPS) is 11.5. The van der Waals surface area contributed by atoms with Crippen LogP contribution in [0.15, 0.2) is 49.6 Å². The van der Waals surface area contributed by atoms with Crippen molar-refractivity contribution in [2.45, 2.75) is 273 Å². The Kier molecular flexibility index (Phi) is 41.8. The first-order valence-electron chi connectivity index (χ1n) is 33.4. The van der Waals surface area contributed by atoms with E-state index >= 15 is 0 Å². The first-order chi connectivity index (χ1) is 39.5. The maximum absolute atomic E-state index is 7.02. The van der Waals surface area contributed by atoms with E-state index in [9.17, 15) is 0 Å². The molecule has 0 aliphatic carbocycles. The molecule has 0 aliphatic heterocycles. The van der Waals surface area contributed by atoms with Gasteiger partial charge in [-0.2, -0.15) is 0 Å². The molecule has 0 bridgehead atoms. The highest BCUT2D eigenvalue weighted by Gasteiger charge is 2.16. The van der Waals surface area contributed by atoms with E-state index in [0.29, 0.717) is 39.6 Å². The van der Waals surface area contributed by atoms with Crippen molar-refractivity contribution < 1.29 is 28.4 Å². The van der Waals surface area contributed by atoms with Crippen molar-refractivity contribution in [3.8, 4) is 34.5 Å². The number of ether oxygens (including phenoxy) is 6. The number of rotatable bonds is 54. The molecule has 0 N–H and O–H groups in total. The second-order valence-electron chi connectivity index (χ2n) is 22.6. The molecule has 0 spiro atoms. The molecule has 6 heteroatoms. The van der Waals surface area contributed by atoms with Crippen molar-refractivity contribution in [2.24, 2.45) is 0 Å². The van der Waals surface area contributed by atoms with Gasteiger partial charge >= 0.3 is 0 Å². The molecule has 3 aromatic carbocycles. The van der Waals surface area contributed by atoms with Crippen molar-refractivity contribution in [3.05, 3.63) is 82.9 Å². The van der Waals surface area contributed by atoms with E-state index in [1.807, 2.05) is 12.2 Å². The Morgan fingerprint density at radius 2 is 0.412 bits per heavy atom. The monoisotopic (exact) mass is 1100 g/mol. The fraction of sp³-hybridized carbons (Fsp3) is 0.649. The Morgan fingerprint density at radius 3 is 0.625 bits per heavy atom. The van der Waals surface area contributed by atoms with Crippen LogP contribution in [0.3, 0.4) is 0 Å². The van der Waals surface area contributed by atoms with Crippen LogP contribution in [0, 0.1) is 0 Å². The quantitative estimate of drug-likeness (QED) is 0.0415. The molecule has 0 amide bonds. The standard InChI is InChI=1S/C74H118O6/c1-9-17-23-29-35-41-51-75-69-57-63(15-7)72(78-54-44-38-32-26-20-12-4)65(59-69)47-49-67-61-71(77-53-43-37-31-25-19-11-3)62-68(74(67)80-56-46-40-34-28-22-14-6)50-48-66-60-70(76-52-42-36-30-24-18-10-2)58-64(16-8)73(66)79-55-45-39-33-27-21-13-5/h15-16,47-50,57-62H,7-14,17-46,51-56H2,1-6H3/b49-47+,50-48+. The Hall–Kier alpha value is -4.58. The minimum Gasteiger partial charge on any atom is -0.494 e. The van der Waals surface area contributed by atoms with Gasteiger partial charge < -0.3 is 28.4 Å². The molecule has 0 aliphatic rings. The number of benzene rings is 3. The second kappa shape index (κ2) is 48.0. The van der Waals surface area contributed by atoms with Crippen LogP contribution in [0.25, 0.3) is 36.5 Å². The van der Waals surface area contributed by atoms with E-state index in [2.05, 4.69) is 115 Å². The first-order valence-corrected chi connectivity index (χ1v) is 33.4. The second-order valence-corrected chi connectivity index (χ2v) is 22.6. The summed E-state index contributed by atoms with van der Waals surface area (Å²) in [6.45, 7) is 26.1. The number of hydrogen-bond donors (Lipinski definition) is 0. The summed E-state index contributed by atoms with van der Waals surface area (Å²) >= 11 is 0. The molecule has 0 saturated heterocycles. The molecule has 0 radical (unpaired) electrons. The fourth-order valence-corrected chi connectivity index (χ4v) is 10.2. The van der Waals surface area contributed by atoms with E-state index in [1.54, 1.807) is 0 Å². The van der Waals surface area contributed by atoms with Gasteiger partial charge in [-0.25, -0.2) is 0 Å². The van der Waals surface area contributed by atoms with Crippen LogP contribution in [0.4, 0.5) is 0 Å². The van der Waals surface area contributed by atoms with Crippen LogP contribution >= 0.6 is 0 Å². The molecule has 0 atom stereocenters. The van der Waals surface area contributed by atoms with Gasteiger partial charge in [-0.15, -0.1) is 0 Å². The molecule has 450 valence electrons. The minimum absolute atomic E-state index is 0.621. The smallest absolute Gasteiger partial charge is 0.133 e. The highest BCUT2D eigenvalue weighted by atomic mass is 16.5. The van der Waals surface area contributed by atoms with Crippen LogP contribution in [-0.4, -0.2) is 39.6 Å². The lowest BCUT2D eigenvalue weighted by atomic mass is 10.0. The van der Waals surface area contributed by atoms with Gasteiger partial charge in [0.15, 0.2) is 0 Å². The fourth-order valence-electron chi connectivity index (χ4n) is 10.2. The van der Waals surface area contributed by atoms with Crippen LogP contribution in [0.1, 0.15) is 306 Å². The third-order valence-electron chi connectivity index (χ3n) is 15.2. The minimum atomic E-state index is 0.621. The van der Waals surface area contributed by atoms with E-state index < -0.39 is 0 Å². The van der Waals surface area contributed by atoms with Gasteiger partial charge in [-0.05, 0) is 74.9 Å². The summed E-state index contributed by atoms with van der Waals surface area (Å²) in [4.78, 5) is 0. The Bertz CT molecular complexity index is 1950. The van der Waals surface area contributed by atoms with Crippen molar-refractivity contribution >= 4 is 36.5 Å². The summed E-state index contributed by atoms with van der Waals surface area (Å²) in [6, 6.07) is 12.9. The van der Waals surface area contributed by atoms with E-state index in [0.717, 1.165) is 132 Å². The number of unbranched alkanes of at least 4 members (excludes halogenated alkanes) is 30. The highest BCUT2D eigenvalue weighted by Crippen LogP contribution is 2.38. The van der Waals surface area contributed by atoms with Gasteiger partial charge in [0.05, 0.1) is 39.6 Å². The lowest BCUT2D eigenvalue weighted by Crippen LogP contribution is -2.04. The predicted molar refractivity (Wildman–Crippen MR) is 351 cm³/mol. The molecular weight excluding hydrogens is 985 g/mol. The zero-order valence-corrected chi connectivity index (χ0v) is 52.5. The molecule has 0 heterocycles. The molecule has 0 aromatic heterocycles. The van der Waals surface area contributed by atoms with Crippen LogP contribution in [0.5, 0.6) is 34.5 Å². The summed E-state index contributed by atoms with van der Waals surface area (Å²) in [6.07, 6.45) is 56.0. The molecule has 0 fully saturated rings. The van der Waals surface area contributed by atoms with Crippen molar-refractivity contribution in [1.82, 2.24) is 0 Å². The van der Waals surface area contributed by atoms with Gasteiger partial charge in [0, 0.05) is 33.4 Å². The summed E-state index contributed by atoms with van der Waals surface area (Å²) in [5.41, 5.74) is 5.73. The molecule has 0 saturated carbocycles. The Morgan fingerprint density at radius 1 is 0.237 bits per heavy atom. The van der Waals surface area contributed by atoms with Gasteiger partial charge in [0.2, 0.25) is 0 Å². The van der Waals surface area contributed by atoms with Crippen LogP contribution in [-0.2, 0) is 0 Å². The average molecular weight is 1100 g/mol. The Labute approximate surface area is 492 Å². The van der Waals surface area contributed by atoms with E-state index in [-0.39, 0.29) is 0 Å². The molecule has 3 aromatic rings. The van der Waals surface area contributed by atoms with Crippen molar-refractivity contribution in [3.63, 3.8) is 0 Å². The Balaban J connectivity index is 2.22. The van der Waals surface area contributed by atoms with Gasteiger partial charge in [0.25, 0.3) is 0 Å². The predicted octanol–water partition coefficient (Wildman–Crippen LogP) is 23.7. The number of hydrogen-bond acceptors (Lipinski definition) is 6. The molecule has 80 heavy (non-hydrogen) atoms. The zero-order chi connectivity index (χ0) is 57.4. The lowest BCUT2D eigenvalue weighted by molar-refractivity contribution is 0.295.